The van der Waals surface area contributed by atoms with Gasteiger partial charge in [-0.15, -0.1) is 11.3 Å². The monoisotopic (exact) mass is 167 g/mol. The van der Waals surface area contributed by atoms with Crippen molar-refractivity contribution in [2.45, 2.75) is 0 Å². The zero-order chi connectivity index (χ0) is 7.68. The highest BCUT2D eigenvalue weighted by Crippen LogP contribution is 2.24. The molecule has 11 heavy (non-hydrogen) atoms. The molecular weight excluding hydrogens is 162 g/mol. The summed E-state index contributed by atoms with van der Waals surface area (Å²) in [6.07, 6.45) is 1.22. The highest BCUT2D eigenvalue weighted by atomic mass is 32.1. The van der Waals surface area contributed by atoms with Gasteiger partial charge in [-0.1, -0.05) is 6.07 Å². The number of aromatic nitrogens is 1. The highest BCUT2D eigenvalue weighted by molar-refractivity contribution is 7.13. The number of thiophene rings is 1. The fourth-order valence-electron chi connectivity index (χ4n) is 0.779. The van der Waals surface area contributed by atoms with E-state index in [1.165, 1.54) is 17.6 Å². The molecule has 0 fully saturated rings. The lowest BCUT2D eigenvalue weighted by Gasteiger charge is -1.83. The second-order valence-corrected chi connectivity index (χ2v) is 2.94. The van der Waals surface area contributed by atoms with E-state index in [0.717, 1.165) is 4.88 Å². The number of rotatable bonds is 1. The van der Waals surface area contributed by atoms with E-state index in [2.05, 4.69) is 4.98 Å². The average Bonchev–Trinajstić information content (AvgIpc) is 2.55. The second kappa shape index (κ2) is 2.39. The van der Waals surface area contributed by atoms with E-state index >= 15 is 0 Å². The van der Waals surface area contributed by atoms with Gasteiger partial charge in [-0.2, -0.15) is 4.98 Å². The molecule has 1 N–H and O–H groups in total. The molecule has 0 aliphatic rings. The molecule has 0 unspecified atom stereocenters. The summed E-state index contributed by atoms with van der Waals surface area (Å²) in [7, 11) is 0. The predicted molar refractivity (Wildman–Crippen MR) is 41.5 cm³/mol. The van der Waals surface area contributed by atoms with Crippen LogP contribution in [0.4, 0.5) is 0 Å². The summed E-state index contributed by atoms with van der Waals surface area (Å²) in [5.74, 6) is 0.394. The van der Waals surface area contributed by atoms with Gasteiger partial charge >= 0.3 is 0 Å². The van der Waals surface area contributed by atoms with Crippen molar-refractivity contribution < 1.29 is 9.52 Å². The van der Waals surface area contributed by atoms with Crippen molar-refractivity contribution in [2.24, 2.45) is 0 Å². The average molecular weight is 167 g/mol. The van der Waals surface area contributed by atoms with Crippen molar-refractivity contribution in [3.63, 3.8) is 0 Å². The summed E-state index contributed by atoms with van der Waals surface area (Å²) >= 11 is 1.52. The Kier molecular flexibility index (Phi) is 1.40. The van der Waals surface area contributed by atoms with Gasteiger partial charge in [-0.25, -0.2) is 0 Å². The Morgan fingerprint density at radius 2 is 2.45 bits per heavy atom. The van der Waals surface area contributed by atoms with Gasteiger partial charge in [0.2, 0.25) is 5.89 Å². The Morgan fingerprint density at radius 3 is 3.00 bits per heavy atom. The minimum Gasteiger partial charge on any atom is -0.491 e. The first kappa shape index (κ1) is 6.42. The summed E-state index contributed by atoms with van der Waals surface area (Å²) in [5, 5.41) is 10.8. The predicted octanol–water partition coefficient (Wildman–Crippen LogP) is 2.11. The number of aromatic hydroxyl groups is 1. The number of hydrogen-bond donors (Lipinski definition) is 1. The second-order valence-electron chi connectivity index (χ2n) is 1.99. The van der Waals surface area contributed by atoms with Crippen LogP contribution in [-0.2, 0) is 0 Å². The molecule has 0 saturated heterocycles. The fourth-order valence-corrected chi connectivity index (χ4v) is 1.43. The van der Waals surface area contributed by atoms with E-state index in [4.69, 9.17) is 9.52 Å². The molecule has 56 valence electrons. The molecule has 0 atom stereocenters. The first-order valence-corrected chi connectivity index (χ1v) is 3.92. The topological polar surface area (TPSA) is 46.3 Å². The van der Waals surface area contributed by atoms with Gasteiger partial charge in [0.05, 0.1) is 4.88 Å². The molecule has 0 aliphatic carbocycles. The van der Waals surface area contributed by atoms with Gasteiger partial charge in [0.1, 0.15) is 0 Å². The smallest absolute Gasteiger partial charge is 0.250 e. The van der Waals surface area contributed by atoms with Crippen LogP contribution in [0.15, 0.2) is 28.2 Å². The van der Waals surface area contributed by atoms with Crippen LogP contribution in [0.5, 0.6) is 5.88 Å². The molecule has 0 radical (unpaired) electrons. The molecule has 2 heterocycles. The molecule has 3 nitrogen and oxygen atoms in total. The molecule has 2 aromatic heterocycles. The summed E-state index contributed by atoms with van der Waals surface area (Å²) in [6, 6.07) is 3.79. The van der Waals surface area contributed by atoms with E-state index in [0.29, 0.717) is 5.89 Å². The molecule has 0 spiro atoms. The first-order valence-electron chi connectivity index (χ1n) is 3.04. The Labute approximate surface area is 66.9 Å². The zero-order valence-corrected chi connectivity index (χ0v) is 6.34. The SMILES string of the molecule is Oc1coc(-c2cccs2)n1. The van der Waals surface area contributed by atoms with Crippen LogP contribution in [-0.4, -0.2) is 10.1 Å². The summed E-state index contributed by atoms with van der Waals surface area (Å²) in [5.41, 5.74) is 0. The van der Waals surface area contributed by atoms with E-state index in [1.54, 1.807) is 0 Å². The Hall–Kier alpha value is -1.29. The number of nitrogens with zero attached hydrogens (tertiary/aromatic N) is 1. The van der Waals surface area contributed by atoms with E-state index in [9.17, 15) is 0 Å². The highest BCUT2D eigenvalue weighted by Gasteiger charge is 2.04. The van der Waals surface area contributed by atoms with Crippen LogP contribution < -0.4 is 0 Å². The van der Waals surface area contributed by atoms with Crippen molar-refractivity contribution >= 4 is 11.3 Å². The van der Waals surface area contributed by atoms with E-state index < -0.39 is 0 Å². The third-order valence-electron chi connectivity index (χ3n) is 1.22. The van der Waals surface area contributed by atoms with Gasteiger partial charge in [0.15, 0.2) is 6.26 Å². The largest absolute Gasteiger partial charge is 0.491 e. The molecule has 0 aromatic carbocycles. The van der Waals surface area contributed by atoms with Crippen molar-refractivity contribution in [1.29, 1.82) is 0 Å². The summed E-state index contributed by atoms with van der Waals surface area (Å²) < 4.78 is 4.96. The molecular formula is C7H5NO2S. The minimum absolute atomic E-state index is 0.0756. The van der Waals surface area contributed by atoms with Crippen LogP contribution >= 0.6 is 11.3 Å². The fraction of sp³-hybridized carbons (Fsp3) is 0. The van der Waals surface area contributed by atoms with E-state index in [-0.39, 0.29) is 5.88 Å². The Bertz CT molecular complexity index is 339. The van der Waals surface area contributed by atoms with Gasteiger partial charge in [-0.3, -0.25) is 0 Å². The van der Waals surface area contributed by atoms with Crippen molar-refractivity contribution in [1.82, 2.24) is 4.98 Å². The molecule has 0 amide bonds. The van der Waals surface area contributed by atoms with Crippen LogP contribution in [0.1, 0.15) is 0 Å². The van der Waals surface area contributed by atoms with Gasteiger partial charge in [-0.05, 0) is 11.4 Å². The van der Waals surface area contributed by atoms with Crippen molar-refractivity contribution in [3.8, 4) is 16.6 Å². The Morgan fingerprint density at radius 1 is 1.55 bits per heavy atom. The lowest BCUT2D eigenvalue weighted by molar-refractivity contribution is 0.448. The maximum absolute atomic E-state index is 8.85. The first-order chi connectivity index (χ1) is 5.36. The number of oxazole rings is 1. The molecule has 0 aliphatic heterocycles. The third kappa shape index (κ3) is 1.12. The lowest BCUT2D eigenvalue weighted by Crippen LogP contribution is -1.67. The van der Waals surface area contributed by atoms with Crippen LogP contribution in [0, 0.1) is 0 Å². The standard InChI is InChI=1S/C7H5NO2S/c9-6-4-10-7(8-6)5-2-1-3-11-5/h1-4,9H. The zero-order valence-electron chi connectivity index (χ0n) is 5.52. The molecule has 0 saturated carbocycles. The van der Waals surface area contributed by atoms with Crippen LogP contribution in [0.3, 0.4) is 0 Å². The Balaban J connectivity index is 2.45. The van der Waals surface area contributed by atoms with Gasteiger partial charge in [0.25, 0.3) is 5.88 Å². The third-order valence-corrected chi connectivity index (χ3v) is 2.08. The van der Waals surface area contributed by atoms with Crippen molar-refractivity contribution in [3.05, 3.63) is 23.8 Å². The lowest BCUT2D eigenvalue weighted by atomic mass is 10.5. The van der Waals surface area contributed by atoms with Gasteiger partial charge in [0, 0.05) is 0 Å². The number of hydrogen-bond acceptors (Lipinski definition) is 4. The molecule has 2 rings (SSSR count). The minimum atomic E-state index is -0.0756. The normalized spacial score (nSPS) is 10.2. The molecule has 4 heteroatoms. The maximum atomic E-state index is 8.85. The van der Waals surface area contributed by atoms with Crippen LogP contribution in [0.25, 0.3) is 10.8 Å². The summed E-state index contributed by atoms with van der Waals surface area (Å²) in [6.45, 7) is 0. The van der Waals surface area contributed by atoms with Crippen molar-refractivity contribution in [2.75, 3.05) is 0 Å². The van der Waals surface area contributed by atoms with E-state index in [1.807, 2.05) is 17.5 Å². The molecule has 2 aromatic rings. The molecule has 0 bridgehead atoms. The van der Waals surface area contributed by atoms with Gasteiger partial charge < -0.3 is 9.52 Å². The summed E-state index contributed by atoms with van der Waals surface area (Å²) in [4.78, 5) is 4.67. The quantitative estimate of drug-likeness (QED) is 0.707. The van der Waals surface area contributed by atoms with Crippen LogP contribution in [0.2, 0.25) is 0 Å². The maximum Gasteiger partial charge on any atom is 0.250 e.